The van der Waals surface area contributed by atoms with Gasteiger partial charge in [0.05, 0.1) is 11.0 Å². The number of fused-ring (bicyclic) bond motifs is 4. The van der Waals surface area contributed by atoms with Crippen molar-refractivity contribution in [2.45, 2.75) is 0 Å². The lowest BCUT2D eigenvalue weighted by molar-refractivity contribution is 1.18. The number of para-hydroxylation sites is 1. The molecule has 0 fully saturated rings. The molecule has 0 unspecified atom stereocenters. The molecule has 0 aliphatic rings. The minimum atomic E-state index is 0.754. The van der Waals surface area contributed by atoms with Crippen LogP contribution in [0.25, 0.3) is 59.8 Å². The van der Waals surface area contributed by atoms with Crippen molar-refractivity contribution in [3.63, 3.8) is 0 Å². The molecular formula is C28H16ClN. The van der Waals surface area contributed by atoms with Gasteiger partial charge >= 0.3 is 0 Å². The summed E-state index contributed by atoms with van der Waals surface area (Å²) >= 11 is 6.44. The van der Waals surface area contributed by atoms with Crippen LogP contribution in [0.15, 0.2) is 97.1 Å². The summed E-state index contributed by atoms with van der Waals surface area (Å²) in [5.74, 6) is 0. The second-order valence-electron chi connectivity index (χ2n) is 7.96. The van der Waals surface area contributed by atoms with E-state index in [1.165, 1.54) is 48.6 Å². The van der Waals surface area contributed by atoms with E-state index in [1.54, 1.807) is 0 Å². The average molecular weight is 402 g/mol. The van der Waals surface area contributed by atoms with Gasteiger partial charge in [-0.15, -0.1) is 0 Å². The average Bonchev–Trinajstić information content (AvgIpc) is 3.11. The molecule has 0 saturated heterocycles. The van der Waals surface area contributed by atoms with E-state index < -0.39 is 0 Å². The van der Waals surface area contributed by atoms with Gasteiger partial charge in [-0.05, 0) is 62.6 Å². The predicted molar refractivity (Wildman–Crippen MR) is 129 cm³/mol. The van der Waals surface area contributed by atoms with Crippen molar-refractivity contribution in [3.8, 4) is 5.69 Å². The summed E-state index contributed by atoms with van der Waals surface area (Å²) in [6, 6.07) is 34.7. The number of halogens is 1. The Labute approximate surface area is 178 Å². The van der Waals surface area contributed by atoms with E-state index in [1.807, 2.05) is 6.07 Å². The van der Waals surface area contributed by atoms with Crippen LogP contribution in [0, 0.1) is 0 Å². The Morgan fingerprint density at radius 3 is 2.07 bits per heavy atom. The van der Waals surface area contributed by atoms with Gasteiger partial charge in [0, 0.05) is 21.5 Å². The van der Waals surface area contributed by atoms with E-state index in [-0.39, 0.29) is 0 Å². The van der Waals surface area contributed by atoms with E-state index in [2.05, 4.69) is 95.6 Å². The van der Waals surface area contributed by atoms with E-state index in [9.17, 15) is 0 Å². The number of aromatic nitrogens is 1. The van der Waals surface area contributed by atoms with Crippen LogP contribution in [0.5, 0.6) is 0 Å². The van der Waals surface area contributed by atoms with E-state index in [0.29, 0.717) is 0 Å². The normalized spacial score (nSPS) is 12.2. The van der Waals surface area contributed by atoms with Crippen molar-refractivity contribution in [1.29, 1.82) is 0 Å². The van der Waals surface area contributed by atoms with Gasteiger partial charge < -0.3 is 4.57 Å². The summed E-state index contributed by atoms with van der Waals surface area (Å²) in [6.07, 6.45) is 0. The van der Waals surface area contributed by atoms with E-state index in [4.69, 9.17) is 11.6 Å². The Morgan fingerprint density at radius 2 is 1.23 bits per heavy atom. The van der Waals surface area contributed by atoms with Crippen molar-refractivity contribution in [3.05, 3.63) is 102 Å². The summed E-state index contributed by atoms with van der Waals surface area (Å²) in [5.41, 5.74) is 3.50. The van der Waals surface area contributed by atoms with Crippen LogP contribution < -0.4 is 0 Å². The highest BCUT2D eigenvalue weighted by atomic mass is 35.5. The molecule has 140 valence electrons. The first-order chi connectivity index (χ1) is 14.8. The molecule has 1 nitrogen and oxygen atoms in total. The second kappa shape index (κ2) is 5.75. The first kappa shape index (κ1) is 16.3. The summed E-state index contributed by atoms with van der Waals surface area (Å²) in [4.78, 5) is 0. The highest BCUT2D eigenvalue weighted by molar-refractivity contribution is 6.34. The van der Waals surface area contributed by atoms with Crippen molar-refractivity contribution in [2.75, 3.05) is 0 Å². The van der Waals surface area contributed by atoms with Gasteiger partial charge in [-0.1, -0.05) is 78.3 Å². The zero-order chi connectivity index (χ0) is 19.8. The van der Waals surface area contributed by atoms with E-state index >= 15 is 0 Å². The smallest absolute Gasteiger partial charge is 0.0556 e. The monoisotopic (exact) mass is 401 g/mol. The fraction of sp³-hybridized carbons (Fsp3) is 0. The van der Waals surface area contributed by atoms with Crippen LogP contribution >= 0.6 is 11.6 Å². The molecular weight excluding hydrogens is 386 g/mol. The third kappa shape index (κ3) is 2.03. The molecule has 6 aromatic carbocycles. The summed E-state index contributed by atoms with van der Waals surface area (Å²) in [7, 11) is 0. The fourth-order valence-corrected chi connectivity index (χ4v) is 5.31. The minimum absolute atomic E-state index is 0.754. The van der Waals surface area contributed by atoms with E-state index in [0.717, 1.165) is 16.2 Å². The Morgan fingerprint density at radius 1 is 0.500 bits per heavy atom. The topological polar surface area (TPSA) is 4.93 Å². The molecule has 30 heavy (non-hydrogen) atoms. The summed E-state index contributed by atoms with van der Waals surface area (Å²) in [5, 5.41) is 11.1. The third-order valence-corrected chi connectivity index (χ3v) is 6.59. The van der Waals surface area contributed by atoms with Crippen LogP contribution in [0.4, 0.5) is 0 Å². The SMILES string of the molecule is Clc1ccc2c3c4ccc5cccc6ccc(cc3n(-c3ccccc3)c2c1)c4c65. The second-order valence-corrected chi connectivity index (χ2v) is 8.40. The maximum Gasteiger partial charge on any atom is 0.0556 e. The molecule has 7 aromatic rings. The zero-order valence-corrected chi connectivity index (χ0v) is 16.8. The maximum atomic E-state index is 6.44. The predicted octanol–water partition coefficient (Wildman–Crippen LogP) is 8.33. The van der Waals surface area contributed by atoms with Crippen molar-refractivity contribution in [2.24, 2.45) is 0 Å². The largest absolute Gasteiger partial charge is 0.309 e. The number of hydrogen-bond acceptors (Lipinski definition) is 0. The summed E-state index contributed by atoms with van der Waals surface area (Å²) in [6.45, 7) is 0. The van der Waals surface area contributed by atoms with Gasteiger partial charge in [0.1, 0.15) is 0 Å². The molecule has 0 saturated carbocycles. The van der Waals surface area contributed by atoms with Gasteiger partial charge in [-0.25, -0.2) is 0 Å². The Bertz CT molecular complexity index is 1730. The number of hydrogen-bond donors (Lipinski definition) is 0. The van der Waals surface area contributed by atoms with Crippen LogP contribution in [-0.2, 0) is 0 Å². The molecule has 0 aliphatic carbocycles. The Balaban J connectivity index is 1.81. The molecule has 1 aromatic heterocycles. The van der Waals surface area contributed by atoms with Gasteiger partial charge in [0.25, 0.3) is 0 Å². The third-order valence-electron chi connectivity index (χ3n) is 6.35. The quantitative estimate of drug-likeness (QED) is 0.243. The fourth-order valence-electron chi connectivity index (χ4n) is 5.14. The minimum Gasteiger partial charge on any atom is -0.309 e. The van der Waals surface area contributed by atoms with Gasteiger partial charge in [-0.3, -0.25) is 0 Å². The Kier molecular flexibility index (Phi) is 3.12. The van der Waals surface area contributed by atoms with Crippen molar-refractivity contribution >= 4 is 65.7 Å². The molecule has 1 heterocycles. The molecule has 0 aliphatic heterocycles. The molecule has 0 N–H and O–H groups in total. The molecule has 0 amide bonds. The van der Waals surface area contributed by atoms with Crippen LogP contribution in [0.2, 0.25) is 5.02 Å². The molecule has 2 heteroatoms. The lowest BCUT2D eigenvalue weighted by atomic mass is 9.92. The van der Waals surface area contributed by atoms with Gasteiger partial charge in [-0.2, -0.15) is 0 Å². The number of rotatable bonds is 1. The molecule has 0 bridgehead atoms. The first-order valence-electron chi connectivity index (χ1n) is 10.2. The lowest BCUT2D eigenvalue weighted by Gasteiger charge is -2.13. The van der Waals surface area contributed by atoms with Crippen molar-refractivity contribution in [1.82, 2.24) is 4.57 Å². The van der Waals surface area contributed by atoms with Gasteiger partial charge in [0.2, 0.25) is 0 Å². The Hall–Kier alpha value is -3.55. The van der Waals surface area contributed by atoms with Crippen molar-refractivity contribution < 1.29 is 0 Å². The first-order valence-corrected chi connectivity index (χ1v) is 10.5. The molecule has 0 atom stereocenters. The number of benzene rings is 6. The standard InChI is InChI=1S/C28H16ClN/c29-20-12-14-22-24(16-20)30(21-7-2-1-3-8-21)25-15-19-10-9-17-5-4-6-18-11-13-23(28(22)25)27(19)26(17)18/h1-16H. The number of nitrogens with zero attached hydrogens (tertiary/aromatic N) is 1. The maximum absolute atomic E-state index is 6.44. The van der Waals surface area contributed by atoms with Crippen LogP contribution in [-0.4, -0.2) is 4.57 Å². The highest BCUT2D eigenvalue weighted by Gasteiger charge is 2.18. The molecule has 7 rings (SSSR count). The molecule has 0 spiro atoms. The summed E-state index contributed by atoms with van der Waals surface area (Å²) < 4.78 is 2.34. The zero-order valence-electron chi connectivity index (χ0n) is 16.1. The van der Waals surface area contributed by atoms with Crippen LogP contribution in [0.3, 0.4) is 0 Å². The lowest BCUT2D eigenvalue weighted by Crippen LogP contribution is -1.93. The van der Waals surface area contributed by atoms with Gasteiger partial charge in [0.15, 0.2) is 0 Å². The highest BCUT2D eigenvalue weighted by Crippen LogP contribution is 2.43. The van der Waals surface area contributed by atoms with Crippen LogP contribution in [0.1, 0.15) is 0 Å². The molecule has 0 radical (unpaired) electrons.